The molecular formula is C26H22N2O3S. The molecule has 0 atom stereocenters. The second-order valence-corrected chi connectivity index (χ2v) is 8.64. The van der Waals surface area contributed by atoms with Gasteiger partial charge in [-0.25, -0.2) is 0 Å². The van der Waals surface area contributed by atoms with E-state index in [4.69, 9.17) is 0 Å². The first-order chi connectivity index (χ1) is 15.4. The Morgan fingerprint density at radius 3 is 2.16 bits per heavy atom. The maximum atomic E-state index is 13.4. The lowest BCUT2D eigenvalue weighted by molar-refractivity contribution is -0.137. The normalized spacial score (nSPS) is 13.6. The Bertz CT molecular complexity index is 1200. The molecular weight excluding hydrogens is 420 g/mol. The molecule has 3 amide bonds. The van der Waals surface area contributed by atoms with Gasteiger partial charge in [0.15, 0.2) is 0 Å². The predicted octanol–water partition coefficient (Wildman–Crippen LogP) is 5.03. The van der Waals surface area contributed by atoms with Crippen molar-refractivity contribution in [2.24, 2.45) is 0 Å². The second kappa shape index (κ2) is 9.24. The summed E-state index contributed by atoms with van der Waals surface area (Å²) in [7, 11) is 0. The molecule has 6 heteroatoms. The summed E-state index contributed by atoms with van der Waals surface area (Å²) >= 11 is 1.30. The summed E-state index contributed by atoms with van der Waals surface area (Å²) in [5.74, 6) is -0.791. The van der Waals surface area contributed by atoms with Crippen LogP contribution in [0.15, 0.2) is 88.7 Å². The van der Waals surface area contributed by atoms with Crippen LogP contribution in [0.3, 0.4) is 0 Å². The molecule has 1 heterocycles. The van der Waals surface area contributed by atoms with E-state index in [1.807, 2.05) is 61.5 Å². The van der Waals surface area contributed by atoms with E-state index in [0.29, 0.717) is 21.7 Å². The summed E-state index contributed by atoms with van der Waals surface area (Å²) in [6, 6.07) is 24.3. The molecule has 0 saturated carbocycles. The van der Waals surface area contributed by atoms with Crippen molar-refractivity contribution in [1.82, 2.24) is 4.90 Å². The number of nitrogens with zero attached hydrogens (tertiary/aromatic N) is 1. The zero-order valence-electron chi connectivity index (χ0n) is 17.8. The van der Waals surface area contributed by atoms with Crippen LogP contribution in [0.2, 0.25) is 0 Å². The lowest BCUT2D eigenvalue weighted by atomic mass is 10.1. The number of anilines is 1. The van der Waals surface area contributed by atoms with E-state index in [2.05, 4.69) is 5.32 Å². The summed E-state index contributed by atoms with van der Waals surface area (Å²) in [6.45, 7) is 3.65. The van der Waals surface area contributed by atoms with Gasteiger partial charge in [-0.2, -0.15) is 0 Å². The fourth-order valence-corrected chi connectivity index (χ4v) is 4.49. The quantitative estimate of drug-likeness (QED) is 0.544. The van der Waals surface area contributed by atoms with E-state index in [1.165, 1.54) is 23.6 Å². The van der Waals surface area contributed by atoms with Crippen molar-refractivity contribution in [1.29, 1.82) is 0 Å². The van der Waals surface area contributed by atoms with Crippen molar-refractivity contribution in [3.63, 3.8) is 0 Å². The third-order valence-corrected chi connectivity index (χ3v) is 6.13. The number of amides is 3. The van der Waals surface area contributed by atoms with E-state index in [0.717, 1.165) is 16.0 Å². The molecule has 0 bridgehead atoms. The Kier molecular flexibility index (Phi) is 6.23. The van der Waals surface area contributed by atoms with Crippen LogP contribution < -0.4 is 5.32 Å². The standard InChI is InChI=1S/C26H22N2O3S/c1-17-8-10-19(11-9-17)16-28-25(30)23(20-12-14-21(15-13-20)27-18(2)29)24(26(28)31)32-22-6-4-3-5-7-22/h3-15H,16H2,1-2H3,(H,27,29). The average Bonchev–Trinajstić information content (AvgIpc) is 3.00. The number of thioether (sulfide) groups is 1. The number of carbonyl (C=O) groups excluding carboxylic acids is 3. The fraction of sp³-hybridized carbons (Fsp3) is 0.115. The molecule has 1 aliphatic rings. The Balaban J connectivity index is 1.70. The van der Waals surface area contributed by atoms with E-state index in [9.17, 15) is 14.4 Å². The van der Waals surface area contributed by atoms with Gasteiger partial charge in [0.25, 0.3) is 11.8 Å². The van der Waals surface area contributed by atoms with Crippen LogP contribution in [0.5, 0.6) is 0 Å². The van der Waals surface area contributed by atoms with Gasteiger partial charge in [-0.15, -0.1) is 0 Å². The lowest BCUT2D eigenvalue weighted by Gasteiger charge is -2.15. The van der Waals surface area contributed by atoms with Crippen molar-refractivity contribution < 1.29 is 14.4 Å². The number of benzene rings is 3. The minimum atomic E-state index is -0.318. The first-order valence-electron chi connectivity index (χ1n) is 10.2. The van der Waals surface area contributed by atoms with E-state index >= 15 is 0 Å². The molecule has 0 unspecified atom stereocenters. The summed E-state index contributed by atoms with van der Waals surface area (Å²) in [5, 5.41) is 2.72. The Labute approximate surface area is 191 Å². The van der Waals surface area contributed by atoms with Crippen LogP contribution in [0.4, 0.5) is 5.69 Å². The number of imide groups is 1. The maximum absolute atomic E-state index is 13.4. The molecule has 0 spiro atoms. The molecule has 0 aromatic heterocycles. The highest BCUT2D eigenvalue weighted by Gasteiger charge is 2.39. The van der Waals surface area contributed by atoms with Gasteiger partial charge in [-0.3, -0.25) is 19.3 Å². The zero-order chi connectivity index (χ0) is 22.7. The van der Waals surface area contributed by atoms with Crippen molar-refractivity contribution in [3.05, 3.63) is 100 Å². The van der Waals surface area contributed by atoms with Gasteiger partial charge in [0.2, 0.25) is 5.91 Å². The van der Waals surface area contributed by atoms with Gasteiger partial charge in [-0.05, 0) is 42.3 Å². The molecule has 4 rings (SSSR count). The van der Waals surface area contributed by atoms with Crippen molar-refractivity contribution in [2.75, 3.05) is 5.32 Å². The van der Waals surface area contributed by atoms with Crippen LogP contribution in [-0.4, -0.2) is 22.6 Å². The third-order valence-electron chi connectivity index (χ3n) is 5.04. The molecule has 1 aliphatic heterocycles. The van der Waals surface area contributed by atoms with Gasteiger partial charge in [0, 0.05) is 17.5 Å². The van der Waals surface area contributed by atoms with Crippen LogP contribution >= 0.6 is 11.8 Å². The molecule has 3 aromatic rings. The largest absolute Gasteiger partial charge is 0.326 e. The first kappa shape index (κ1) is 21.6. The van der Waals surface area contributed by atoms with Gasteiger partial charge >= 0.3 is 0 Å². The second-order valence-electron chi connectivity index (χ2n) is 7.56. The number of carbonyl (C=O) groups is 3. The zero-order valence-corrected chi connectivity index (χ0v) is 18.6. The van der Waals surface area contributed by atoms with E-state index in [1.54, 1.807) is 24.3 Å². The van der Waals surface area contributed by atoms with E-state index in [-0.39, 0.29) is 24.3 Å². The molecule has 0 radical (unpaired) electrons. The predicted molar refractivity (Wildman–Crippen MR) is 127 cm³/mol. The highest BCUT2D eigenvalue weighted by atomic mass is 32.2. The molecule has 0 aliphatic carbocycles. The molecule has 160 valence electrons. The van der Waals surface area contributed by atoms with Crippen molar-refractivity contribution in [3.8, 4) is 0 Å². The average molecular weight is 443 g/mol. The first-order valence-corrected chi connectivity index (χ1v) is 11.0. The van der Waals surface area contributed by atoms with Crippen LogP contribution in [0, 0.1) is 6.92 Å². The summed E-state index contributed by atoms with van der Waals surface area (Å²) in [5.41, 5.74) is 3.66. The van der Waals surface area contributed by atoms with Gasteiger partial charge in [-0.1, -0.05) is 71.9 Å². The fourth-order valence-electron chi connectivity index (χ4n) is 3.45. The molecule has 5 nitrogen and oxygen atoms in total. The Hall–Kier alpha value is -3.64. The molecule has 0 fully saturated rings. The maximum Gasteiger partial charge on any atom is 0.268 e. The number of rotatable bonds is 6. The number of aryl methyl sites for hydroxylation is 1. The highest BCUT2D eigenvalue weighted by molar-refractivity contribution is 8.04. The van der Waals surface area contributed by atoms with Gasteiger partial charge < -0.3 is 5.32 Å². The molecule has 1 N–H and O–H groups in total. The van der Waals surface area contributed by atoms with Crippen LogP contribution in [0.1, 0.15) is 23.6 Å². The highest BCUT2D eigenvalue weighted by Crippen LogP contribution is 2.40. The minimum Gasteiger partial charge on any atom is -0.326 e. The lowest BCUT2D eigenvalue weighted by Crippen LogP contribution is -2.30. The van der Waals surface area contributed by atoms with Crippen LogP contribution in [-0.2, 0) is 20.9 Å². The molecule has 32 heavy (non-hydrogen) atoms. The summed E-state index contributed by atoms with van der Waals surface area (Å²) in [6.07, 6.45) is 0. The minimum absolute atomic E-state index is 0.173. The monoisotopic (exact) mass is 442 g/mol. The SMILES string of the molecule is CC(=O)Nc1ccc(C2=C(Sc3ccccc3)C(=O)N(Cc3ccc(C)cc3)C2=O)cc1. The topological polar surface area (TPSA) is 66.5 Å². The number of hydrogen-bond donors (Lipinski definition) is 1. The molecule has 0 saturated heterocycles. The van der Waals surface area contributed by atoms with E-state index < -0.39 is 0 Å². The Morgan fingerprint density at radius 2 is 1.53 bits per heavy atom. The summed E-state index contributed by atoms with van der Waals surface area (Å²) < 4.78 is 0. The van der Waals surface area contributed by atoms with Gasteiger partial charge in [0.05, 0.1) is 17.0 Å². The van der Waals surface area contributed by atoms with Crippen molar-refractivity contribution >= 4 is 40.7 Å². The van der Waals surface area contributed by atoms with Crippen LogP contribution in [0.25, 0.3) is 5.57 Å². The number of hydrogen-bond acceptors (Lipinski definition) is 4. The van der Waals surface area contributed by atoms with Gasteiger partial charge in [0.1, 0.15) is 0 Å². The summed E-state index contributed by atoms with van der Waals surface area (Å²) in [4.78, 5) is 40.7. The smallest absolute Gasteiger partial charge is 0.268 e. The molecule has 3 aromatic carbocycles. The van der Waals surface area contributed by atoms with Crippen molar-refractivity contribution in [2.45, 2.75) is 25.3 Å². The Morgan fingerprint density at radius 1 is 0.875 bits per heavy atom. The third kappa shape index (κ3) is 4.65. The number of nitrogens with one attached hydrogen (secondary N) is 1.